The molecule has 1 saturated carbocycles. The Balaban J connectivity index is 1.96. The molecule has 1 heterocycles. The van der Waals surface area contributed by atoms with E-state index in [-0.39, 0.29) is 0 Å². The molecule has 1 saturated heterocycles. The molecule has 0 amide bonds. The van der Waals surface area contributed by atoms with Crippen molar-refractivity contribution in [3.63, 3.8) is 0 Å². The molecule has 2 aliphatic rings. The summed E-state index contributed by atoms with van der Waals surface area (Å²) in [5, 5.41) is 0. The van der Waals surface area contributed by atoms with Crippen LogP contribution in [-0.2, 0) is 0 Å². The highest BCUT2D eigenvalue weighted by atomic mass is 15.2. The molecule has 3 atom stereocenters. The zero-order valence-electron chi connectivity index (χ0n) is 13.3. The summed E-state index contributed by atoms with van der Waals surface area (Å²) < 4.78 is 0. The number of hydrogen-bond donors (Lipinski definition) is 1. The van der Waals surface area contributed by atoms with Crippen LogP contribution in [0.4, 0.5) is 0 Å². The topological polar surface area (TPSA) is 29.3 Å². The molecule has 2 nitrogen and oxygen atoms in total. The van der Waals surface area contributed by atoms with Crippen LogP contribution in [0.5, 0.6) is 0 Å². The molecule has 0 radical (unpaired) electrons. The summed E-state index contributed by atoms with van der Waals surface area (Å²) in [5.41, 5.74) is 6.69. The van der Waals surface area contributed by atoms with Crippen LogP contribution in [0.3, 0.4) is 0 Å². The molecular weight excluding hydrogens is 232 g/mol. The van der Waals surface area contributed by atoms with Crippen molar-refractivity contribution in [2.45, 2.75) is 71.8 Å². The maximum absolute atomic E-state index is 6.16. The summed E-state index contributed by atoms with van der Waals surface area (Å²) in [6, 6.07) is 0.650. The number of nitrogens with zero attached hydrogens (tertiary/aromatic N) is 1. The van der Waals surface area contributed by atoms with Crippen molar-refractivity contribution in [1.29, 1.82) is 0 Å². The molecule has 19 heavy (non-hydrogen) atoms. The first-order valence-electron chi connectivity index (χ1n) is 8.46. The van der Waals surface area contributed by atoms with E-state index in [9.17, 15) is 0 Å². The first kappa shape index (κ1) is 15.3. The molecule has 2 heteroatoms. The summed E-state index contributed by atoms with van der Waals surface area (Å²) in [4.78, 5) is 2.73. The fourth-order valence-electron chi connectivity index (χ4n) is 4.25. The third kappa shape index (κ3) is 4.19. The molecular formula is C17H34N2. The van der Waals surface area contributed by atoms with Crippen molar-refractivity contribution in [3.05, 3.63) is 0 Å². The Morgan fingerprint density at radius 1 is 1.16 bits per heavy atom. The van der Waals surface area contributed by atoms with Crippen LogP contribution in [0.25, 0.3) is 0 Å². The van der Waals surface area contributed by atoms with E-state index in [0.717, 1.165) is 18.4 Å². The van der Waals surface area contributed by atoms with Crippen molar-refractivity contribution < 1.29 is 0 Å². The van der Waals surface area contributed by atoms with Crippen molar-refractivity contribution in [3.8, 4) is 0 Å². The lowest BCUT2D eigenvalue weighted by molar-refractivity contribution is 0.108. The molecule has 0 spiro atoms. The highest BCUT2D eigenvalue weighted by molar-refractivity contribution is 4.87. The van der Waals surface area contributed by atoms with Crippen LogP contribution < -0.4 is 5.73 Å². The van der Waals surface area contributed by atoms with Gasteiger partial charge in [0.2, 0.25) is 0 Å². The highest BCUT2D eigenvalue weighted by Crippen LogP contribution is 2.35. The first-order chi connectivity index (χ1) is 9.02. The fourth-order valence-corrected chi connectivity index (χ4v) is 4.25. The average Bonchev–Trinajstić information content (AvgIpc) is 2.52. The van der Waals surface area contributed by atoms with Gasteiger partial charge in [0.1, 0.15) is 0 Å². The second-order valence-corrected chi connectivity index (χ2v) is 7.89. The molecule has 2 rings (SSSR count). The van der Waals surface area contributed by atoms with Gasteiger partial charge in [0.25, 0.3) is 0 Å². The van der Waals surface area contributed by atoms with Crippen LogP contribution in [0.15, 0.2) is 0 Å². The maximum atomic E-state index is 6.16. The average molecular weight is 266 g/mol. The van der Waals surface area contributed by atoms with Crippen molar-refractivity contribution in [2.75, 3.05) is 19.6 Å². The van der Waals surface area contributed by atoms with E-state index in [2.05, 4.69) is 25.7 Å². The van der Waals surface area contributed by atoms with Crippen LogP contribution >= 0.6 is 0 Å². The Morgan fingerprint density at radius 3 is 2.63 bits per heavy atom. The van der Waals surface area contributed by atoms with Crippen LogP contribution in [-0.4, -0.2) is 30.6 Å². The highest BCUT2D eigenvalue weighted by Gasteiger charge is 2.32. The summed E-state index contributed by atoms with van der Waals surface area (Å²) in [7, 11) is 0. The van der Waals surface area contributed by atoms with Crippen molar-refractivity contribution in [1.82, 2.24) is 4.90 Å². The van der Waals surface area contributed by atoms with Crippen LogP contribution in [0, 0.1) is 17.3 Å². The minimum Gasteiger partial charge on any atom is -0.329 e. The van der Waals surface area contributed by atoms with E-state index in [1.54, 1.807) is 0 Å². The van der Waals surface area contributed by atoms with E-state index in [0.29, 0.717) is 11.5 Å². The van der Waals surface area contributed by atoms with Gasteiger partial charge < -0.3 is 5.73 Å². The van der Waals surface area contributed by atoms with Crippen LogP contribution in [0.2, 0.25) is 0 Å². The molecule has 1 aliphatic carbocycles. The fraction of sp³-hybridized carbons (Fsp3) is 1.00. The van der Waals surface area contributed by atoms with Crippen molar-refractivity contribution in [2.24, 2.45) is 23.0 Å². The lowest BCUT2D eigenvalue weighted by Crippen LogP contribution is -2.47. The Hall–Kier alpha value is -0.0800. The van der Waals surface area contributed by atoms with Gasteiger partial charge in [-0.3, -0.25) is 4.90 Å². The van der Waals surface area contributed by atoms with Gasteiger partial charge in [0.15, 0.2) is 0 Å². The monoisotopic (exact) mass is 266 g/mol. The van der Waals surface area contributed by atoms with Gasteiger partial charge in [-0.05, 0) is 62.4 Å². The molecule has 2 N–H and O–H groups in total. The third-order valence-electron chi connectivity index (χ3n) is 5.61. The van der Waals surface area contributed by atoms with E-state index in [1.165, 1.54) is 58.0 Å². The Labute approximate surface area is 120 Å². The van der Waals surface area contributed by atoms with Gasteiger partial charge in [-0.15, -0.1) is 0 Å². The predicted molar refractivity (Wildman–Crippen MR) is 83.2 cm³/mol. The van der Waals surface area contributed by atoms with Gasteiger partial charge in [-0.2, -0.15) is 0 Å². The molecule has 3 unspecified atom stereocenters. The van der Waals surface area contributed by atoms with Crippen molar-refractivity contribution >= 4 is 0 Å². The second kappa shape index (κ2) is 6.58. The molecule has 1 aliphatic heterocycles. The van der Waals surface area contributed by atoms with E-state index in [4.69, 9.17) is 5.73 Å². The molecule has 112 valence electrons. The molecule has 2 fully saturated rings. The number of likely N-dealkylation sites (tertiary alicyclic amines) is 1. The Kier molecular flexibility index (Phi) is 5.30. The predicted octanol–water partition coefficient (Wildman–Crippen LogP) is 3.65. The summed E-state index contributed by atoms with van der Waals surface area (Å²) >= 11 is 0. The van der Waals surface area contributed by atoms with Crippen LogP contribution in [0.1, 0.15) is 65.7 Å². The molecule has 0 bridgehead atoms. The lowest BCUT2D eigenvalue weighted by atomic mass is 9.78. The minimum absolute atomic E-state index is 0.535. The maximum Gasteiger partial charge on any atom is 0.0246 e. The Morgan fingerprint density at radius 2 is 1.95 bits per heavy atom. The lowest BCUT2D eigenvalue weighted by Gasteiger charge is -2.39. The van der Waals surface area contributed by atoms with Gasteiger partial charge in [-0.25, -0.2) is 0 Å². The van der Waals surface area contributed by atoms with Gasteiger partial charge in [0.05, 0.1) is 0 Å². The minimum atomic E-state index is 0.535. The first-order valence-corrected chi connectivity index (χ1v) is 8.46. The van der Waals surface area contributed by atoms with Gasteiger partial charge in [-0.1, -0.05) is 33.6 Å². The zero-order valence-corrected chi connectivity index (χ0v) is 13.3. The van der Waals surface area contributed by atoms with E-state index < -0.39 is 0 Å². The Bertz CT molecular complexity index is 274. The standard InChI is InChI=1S/C17H34N2/c1-14-6-4-7-15(12-14)16(13-18)19-10-5-8-17(2,3)9-11-19/h14-16H,4-13,18H2,1-3H3. The smallest absolute Gasteiger partial charge is 0.0246 e. The molecule has 0 aromatic heterocycles. The molecule has 0 aromatic rings. The normalized spacial score (nSPS) is 34.7. The SMILES string of the molecule is CC1CCCC(C(CN)N2CCCC(C)(C)CC2)C1. The largest absolute Gasteiger partial charge is 0.329 e. The van der Waals surface area contributed by atoms with E-state index >= 15 is 0 Å². The summed E-state index contributed by atoms with van der Waals surface area (Å²) in [6.45, 7) is 10.7. The zero-order chi connectivity index (χ0) is 13.9. The van der Waals surface area contributed by atoms with Gasteiger partial charge in [0, 0.05) is 12.6 Å². The third-order valence-corrected chi connectivity index (χ3v) is 5.61. The number of hydrogen-bond acceptors (Lipinski definition) is 2. The van der Waals surface area contributed by atoms with E-state index in [1.807, 2.05) is 0 Å². The molecule has 0 aromatic carbocycles. The van der Waals surface area contributed by atoms with Gasteiger partial charge >= 0.3 is 0 Å². The second-order valence-electron chi connectivity index (χ2n) is 7.89. The quantitative estimate of drug-likeness (QED) is 0.845. The summed E-state index contributed by atoms with van der Waals surface area (Å²) in [5.74, 6) is 1.77. The number of rotatable bonds is 3. The number of nitrogens with two attached hydrogens (primary N) is 1. The summed E-state index contributed by atoms with van der Waals surface area (Å²) in [6.07, 6.45) is 9.73.